The Morgan fingerprint density at radius 2 is 2.10 bits per heavy atom. The molecule has 0 aliphatic carbocycles. The van der Waals surface area contributed by atoms with Crippen molar-refractivity contribution in [2.45, 2.75) is 19.3 Å². The van der Waals surface area contributed by atoms with Crippen molar-refractivity contribution >= 4 is 11.8 Å². The zero-order valence-electron chi connectivity index (χ0n) is 6.38. The van der Waals surface area contributed by atoms with E-state index in [0.717, 1.165) is 12.2 Å². The van der Waals surface area contributed by atoms with Crippen molar-refractivity contribution in [3.05, 3.63) is 12.7 Å². The highest BCUT2D eigenvalue weighted by atomic mass is 32.2. The molecule has 0 heterocycles. The van der Waals surface area contributed by atoms with Crippen molar-refractivity contribution < 1.29 is 5.11 Å². The molecule has 0 bridgehead atoms. The topological polar surface area (TPSA) is 20.2 Å². The van der Waals surface area contributed by atoms with E-state index in [0.29, 0.717) is 6.61 Å². The molecule has 0 atom stereocenters. The van der Waals surface area contributed by atoms with Gasteiger partial charge in [-0.1, -0.05) is 6.08 Å². The maximum atomic E-state index is 8.43. The molecule has 60 valence electrons. The second-order valence-corrected chi connectivity index (χ2v) is 3.35. The van der Waals surface area contributed by atoms with E-state index in [1.54, 1.807) is 0 Å². The van der Waals surface area contributed by atoms with E-state index in [4.69, 9.17) is 5.11 Å². The lowest BCUT2D eigenvalue weighted by Gasteiger charge is -1.96. The molecule has 0 aliphatic rings. The molecule has 0 rings (SSSR count). The van der Waals surface area contributed by atoms with Gasteiger partial charge < -0.3 is 5.11 Å². The molecule has 0 aromatic carbocycles. The van der Waals surface area contributed by atoms with Gasteiger partial charge in [-0.2, -0.15) is 11.8 Å². The van der Waals surface area contributed by atoms with Crippen LogP contribution >= 0.6 is 11.8 Å². The summed E-state index contributed by atoms with van der Waals surface area (Å²) in [6.07, 6.45) is 5.56. The molecule has 0 spiro atoms. The molecular weight excluding hydrogens is 144 g/mol. The monoisotopic (exact) mass is 160 g/mol. The number of aliphatic hydroxyl groups is 1. The highest BCUT2D eigenvalue weighted by Gasteiger charge is 1.87. The van der Waals surface area contributed by atoms with Gasteiger partial charge in [-0.25, -0.2) is 0 Å². The predicted octanol–water partition coefficient (Wildman–Crippen LogP) is 2.07. The first-order valence-corrected chi connectivity index (χ1v) is 4.86. The summed E-state index contributed by atoms with van der Waals surface area (Å²) in [6, 6.07) is 0. The van der Waals surface area contributed by atoms with Gasteiger partial charge >= 0.3 is 0 Å². The van der Waals surface area contributed by atoms with Crippen LogP contribution in [0, 0.1) is 0 Å². The summed E-state index contributed by atoms with van der Waals surface area (Å²) in [5.41, 5.74) is 0. The third-order valence-corrected chi connectivity index (χ3v) is 2.23. The molecule has 0 saturated carbocycles. The smallest absolute Gasteiger partial charge is 0.0521 e. The number of rotatable bonds is 7. The fourth-order valence-corrected chi connectivity index (χ4v) is 1.40. The largest absolute Gasteiger partial charge is 0.396 e. The molecule has 0 aromatic heterocycles. The normalized spacial score (nSPS) is 9.70. The first-order valence-electron chi connectivity index (χ1n) is 3.71. The Labute approximate surface area is 67.5 Å². The lowest BCUT2D eigenvalue weighted by Crippen LogP contribution is -1.88. The van der Waals surface area contributed by atoms with Crippen LogP contribution in [0.1, 0.15) is 19.3 Å². The van der Waals surface area contributed by atoms with Crippen LogP contribution in [0.4, 0.5) is 0 Å². The van der Waals surface area contributed by atoms with Crippen LogP contribution in [0.2, 0.25) is 0 Å². The summed E-state index contributed by atoms with van der Waals surface area (Å²) >= 11 is 1.82. The maximum Gasteiger partial charge on any atom is 0.0521 e. The Kier molecular flexibility index (Phi) is 9.10. The van der Waals surface area contributed by atoms with Gasteiger partial charge in [0.05, 0.1) is 6.61 Å². The van der Waals surface area contributed by atoms with Crippen molar-refractivity contribution in [3.63, 3.8) is 0 Å². The number of thioether (sulfide) groups is 1. The fraction of sp³-hybridized carbons (Fsp3) is 0.750. The molecular formula is C8H16OS. The third kappa shape index (κ3) is 8.05. The summed E-state index contributed by atoms with van der Waals surface area (Å²) in [5.74, 6) is 2.06. The summed E-state index contributed by atoms with van der Waals surface area (Å²) in [6.45, 7) is 3.96. The zero-order chi connectivity index (χ0) is 7.66. The average molecular weight is 160 g/mol. The number of hydrogen-bond acceptors (Lipinski definition) is 2. The van der Waals surface area contributed by atoms with Crippen LogP contribution in [-0.2, 0) is 0 Å². The average Bonchev–Trinajstić information content (AvgIpc) is 1.97. The minimum Gasteiger partial charge on any atom is -0.396 e. The Morgan fingerprint density at radius 1 is 1.30 bits per heavy atom. The van der Waals surface area contributed by atoms with Crippen LogP contribution < -0.4 is 0 Å². The maximum absolute atomic E-state index is 8.43. The lowest BCUT2D eigenvalue weighted by atomic mass is 10.2. The lowest BCUT2D eigenvalue weighted by molar-refractivity contribution is 0.322. The minimum absolute atomic E-state index is 0.312. The van der Waals surface area contributed by atoms with E-state index in [1.165, 1.54) is 18.6 Å². The van der Waals surface area contributed by atoms with Gasteiger partial charge in [0.1, 0.15) is 0 Å². The van der Waals surface area contributed by atoms with Crippen LogP contribution in [0.5, 0.6) is 0 Å². The van der Waals surface area contributed by atoms with Crippen LogP contribution in [0.25, 0.3) is 0 Å². The number of unbranched alkanes of at least 4 members (excludes halogenated alkanes) is 2. The molecule has 0 radical (unpaired) electrons. The Balaban J connectivity index is 2.70. The summed E-state index contributed by atoms with van der Waals surface area (Å²) in [5, 5.41) is 8.43. The number of hydrogen-bond donors (Lipinski definition) is 1. The van der Waals surface area contributed by atoms with Gasteiger partial charge in [-0.3, -0.25) is 0 Å². The molecule has 0 amide bonds. The van der Waals surface area contributed by atoms with Gasteiger partial charge in [0.15, 0.2) is 0 Å². The summed E-state index contributed by atoms with van der Waals surface area (Å²) < 4.78 is 0. The summed E-state index contributed by atoms with van der Waals surface area (Å²) in [4.78, 5) is 0. The first-order chi connectivity index (χ1) is 4.91. The molecule has 2 heteroatoms. The van der Waals surface area contributed by atoms with Gasteiger partial charge in [0, 0.05) is 5.75 Å². The van der Waals surface area contributed by atoms with Crippen molar-refractivity contribution in [3.8, 4) is 0 Å². The van der Waals surface area contributed by atoms with Gasteiger partial charge in [0.2, 0.25) is 0 Å². The Morgan fingerprint density at radius 3 is 2.70 bits per heavy atom. The van der Waals surface area contributed by atoms with E-state index in [9.17, 15) is 0 Å². The quantitative estimate of drug-likeness (QED) is 0.454. The second-order valence-electron chi connectivity index (χ2n) is 2.12. The van der Waals surface area contributed by atoms with Gasteiger partial charge in [-0.05, 0) is 25.0 Å². The number of aliphatic hydroxyl groups excluding tert-OH is 1. The highest BCUT2D eigenvalue weighted by Crippen LogP contribution is 2.05. The standard InChI is InChI=1S/C8H16OS/c1-2-3-4-5-7-10-8-6-9/h2,9H,1,3-8H2. The molecule has 0 fully saturated rings. The Hall–Kier alpha value is 0.0500. The van der Waals surface area contributed by atoms with Gasteiger partial charge in [-0.15, -0.1) is 6.58 Å². The zero-order valence-corrected chi connectivity index (χ0v) is 7.20. The van der Waals surface area contributed by atoms with Crippen LogP contribution in [-0.4, -0.2) is 23.2 Å². The molecule has 1 N–H and O–H groups in total. The van der Waals surface area contributed by atoms with Crippen molar-refractivity contribution in [2.75, 3.05) is 18.1 Å². The van der Waals surface area contributed by atoms with E-state index < -0.39 is 0 Å². The van der Waals surface area contributed by atoms with Crippen molar-refractivity contribution in [1.82, 2.24) is 0 Å². The molecule has 1 nitrogen and oxygen atoms in total. The molecule has 10 heavy (non-hydrogen) atoms. The van der Waals surface area contributed by atoms with Crippen LogP contribution in [0.15, 0.2) is 12.7 Å². The Bertz CT molecular complexity index is 73.7. The fourth-order valence-electron chi connectivity index (χ4n) is 0.659. The number of allylic oxidation sites excluding steroid dienone is 1. The second kappa shape index (κ2) is 9.05. The third-order valence-electron chi connectivity index (χ3n) is 1.18. The van der Waals surface area contributed by atoms with Crippen molar-refractivity contribution in [2.24, 2.45) is 0 Å². The molecule has 0 saturated heterocycles. The predicted molar refractivity (Wildman–Crippen MR) is 48.5 cm³/mol. The molecule has 0 aromatic rings. The first kappa shape index (κ1) is 10.0. The molecule has 0 unspecified atom stereocenters. The van der Waals surface area contributed by atoms with E-state index in [1.807, 2.05) is 17.8 Å². The minimum atomic E-state index is 0.312. The van der Waals surface area contributed by atoms with E-state index in [2.05, 4.69) is 6.58 Å². The van der Waals surface area contributed by atoms with Crippen molar-refractivity contribution in [1.29, 1.82) is 0 Å². The highest BCUT2D eigenvalue weighted by molar-refractivity contribution is 7.99. The summed E-state index contributed by atoms with van der Waals surface area (Å²) in [7, 11) is 0. The van der Waals surface area contributed by atoms with Gasteiger partial charge in [0.25, 0.3) is 0 Å². The SMILES string of the molecule is C=CCCCCSCCO. The van der Waals surface area contributed by atoms with Crippen LogP contribution in [0.3, 0.4) is 0 Å². The van der Waals surface area contributed by atoms with E-state index in [-0.39, 0.29) is 0 Å². The molecule has 0 aliphatic heterocycles. The van der Waals surface area contributed by atoms with E-state index >= 15 is 0 Å².